The molecule has 0 unspecified atom stereocenters. The zero-order chi connectivity index (χ0) is 19.8. The molecule has 0 aliphatic heterocycles. The third-order valence-electron chi connectivity index (χ3n) is 4.01. The number of amides is 2. The highest BCUT2D eigenvalue weighted by Crippen LogP contribution is 2.09. The van der Waals surface area contributed by atoms with E-state index < -0.39 is 24.0 Å². The van der Waals surface area contributed by atoms with Crippen LogP contribution in [0, 0.1) is 0 Å². The van der Waals surface area contributed by atoms with E-state index in [4.69, 9.17) is 11.6 Å². The molecule has 1 aromatic carbocycles. The standard InChI is InChI=1S/C19H22ClN3O4/c1-23(11-9-15-4-2-3-10-21-15)19(27)17(25)16(24)18(26)22-12-13-5-7-14(20)8-6-13/h2-8,10,16-17,24-25H,9,11-12H2,1H3,(H,22,26)/t16-,17-/m1/s1. The first-order valence-electron chi connectivity index (χ1n) is 8.41. The number of nitrogens with one attached hydrogen (secondary N) is 1. The minimum absolute atomic E-state index is 0.142. The number of hydrogen-bond acceptors (Lipinski definition) is 5. The molecular formula is C19H22ClN3O4. The second kappa shape index (κ2) is 10.0. The Morgan fingerprint density at radius 3 is 2.48 bits per heavy atom. The van der Waals surface area contributed by atoms with Crippen LogP contribution in [0.2, 0.25) is 5.02 Å². The number of halogens is 1. The summed E-state index contributed by atoms with van der Waals surface area (Å²) >= 11 is 5.79. The molecule has 2 rings (SSSR count). The molecule has 0 bridgehead atoms. The number of benzene rings is 1. The van der Waals surface area contributed by atoms with Gasteiger partial charge >= 0.3 is 0 Å². The van der Waals surface area contributed by atoms with Gasteiger partial charge in [-0.05, 0) is 29.8 Å². The Bertz CT molecular complexity index is 755. The highest BCUT2D eigenvalue weighted by molar-refractivity contribution is 6.30. The highest BCUT2D eigenvalue weighted by Gasteiger charge is 2.32. The maximum absolute atomic E-state index is 12.2. The molecule has 3 N–H and O–H groups in total. The van der Waals surface area contributed by atoms with Crippen molar-refractivity contribution in [1.29, 1.82) is 0 Å². The van der Waals surface area contributed by atoms with Crippen molar-refractivity contribution in [2.24, 2.45) is 0 Å². The summed E-state index contributed by atoms with van der Waals surface area (Å²) in [6.07, 6.45) is -1.55. The van der Waals surface area contributed by atoms with Gasteiger partial charge in [0.1, 0.15) is 0 Å². The van der Waals surface area contributed by atoms with E-state index >= 15 is 0 Å². The summed E-state index contributed by atoms with van der Waals surface area (Å²) < 4.78 is 0. The van der Waals surface area contributed by atoms with Crippen molar-refractivity contribution < 1.29 is 19.8 Å². The van der Waals surface area contributed by atoms with Gasteiger partial charge in [-0.25, -0.2) is 0 Å². The number of aliphatic hydroxyl groups excluding tert-OH is 2. The van der Waals surface area contributed by atoms with Gasteiger partial charge in [0.2, 0.25) is 0 Å². The first kappa shape index (κ1) is 20.8. The number of nitrogens with zero attached hydrogens (tertiary/aromatic N) is 2. The van der Waals surface area contributed by atoms with E-state index in [0.717, 1.165) is 11.3 Å². The molecule has 0 radical (unpaired) electrons. The zero-order valence-corrected chi connectivity index (χ0v) is 15.6. The Hall–Kier alpha value is -2.48. The number of rotatable bonds is 8. The third kappa shape index (κ3) is 6.32. The van der Waals surface area contributed by atoms with Gasteiger partial charge in [-0.3, -0.25) is 14.6 Å². The Morgan fingerprint density at radius 1 is 1.15 bits per heavy atom. The van der Waals surface area contributed by atoms with E-state index in [1.165, 1.54) is 11.9 Å². The van der Waals surface area contributed by atoms with Gasteiger partial charge in [-0.15, -0.1) is 0 Å². The van der Waals surface area contributed by atoms with Crippen LogP contribution in [0.15, 0.2) is 48.7 Å². The normalized spacial score (nSPS) is 12.9. The quantitative estimate of drug-likeness (QED) is 0.617. The topological polar surface area (TPSA) is 103 Å². The minimum atomic E-state index is -1.86. The van der Waals surface area contributed by atoms with Crippen molar-refractivity contribution >= 4 is 23.4 Å². The number of carbonyl (C=O) groups is 2. The average molecular weight is 392 g/mol. The summed E-state index contributed by atoms with van der Waals surface area (Å²) in [5, 5.41) is 23.0. The van der Waals surface area contributed by atoms with Gasteiger partial charge < -0.3 is 20.4 Å². The van der Waals surface area contributed by atoms with Gasteiger partial charge in [0.05, 0.1) is 0 Å². The number of hydrogen-bond donors (Lipinski definition) is 3. The van der Waals surface area contributed by atoms with Crippen LogP contribution in [0.3, 0.4) is 0 Å². The molecule has 0 saturated heterocycles. The zero-order valence-electron chi connectivity index (χ0n) is 14.9. The van der Waals surface area contributed by atoms with Crippen molar-refractivity contribution in [2.45, 2.75) is 25.2 Å². The van der Waals surface area contributed by atoms with Crippen LogP contribution in [-0.2, 0) is 22.6 Å². The number of aliphatic hydroxyl groups is 2. The Morgan fingerprint density at radius 2 is 1.85 bits per heavy atom. The van der Waals surface area contributed by atoms with E-state index in [0.29, 0.717) is 18.0 Å². The summed E-state index contributed by atoms with van der Waals surface area (Å²) in [5.41, 5.74) is 1.57. The van der Waals surface area contributed by atoms with E-state index in [-0.39, 0.29) is 6.54 Å². The average Bonchev–Trinajstić information content (AvgIpc) is 2.70. The molecule has 0 aliphatic carbocycles. The maximum atomic E-state index is 12.2. The van der Waals surface area contributed by atoms with Crippen LogP contribution < -0.4 is 5.32 Å². The molecule has 7 nitrogen and oxygen atoms in total. The summed E-state index contributed by atoms with van der Waals surface area (Å²) in [6, 6.07) is 12.3. The van der Waals surface area contributed by atoms with Crippen molar-refractivity contribution in [1.82, 2.24) is 15.2 Å². The molecule has 1 heterocycles. The predicted octanol–water partition coefficient (Wildman–Crippen LogP) is 0.774. The molecule has 2 aromatic rings. The number of likely N-dealkylation sites (N-methyl/N-ethyl adjacent to an activating group) is 1. The molecule has 0 aliphatic rings. The van der Waals surface area contributed by atoms with E-state index in [9.17, 15) is 19.8 Å². The minimum Gasteiger partial charge on any atom is -0.380 e. The lowest BCUT2D eigenvalue weighted by molar-refractivity contribution is -0.152. The van der Waals surface area contributed by atoms with Crippen LogP contribution in [-0.4, -0.2) is 57.7 Å². The van der Waals surface area contributed by atoms with Gasteiger partial charge in [0.15, 0.2) is 12.2 Å². The number of carbonyl (C=O) groups excluding carboxylic acids is 2. The fourth-order valence-corrected chi connectivity index (χ4v) is 2.46. The van der Waals surface area contributed by atoms with Crippen molar-refractivity contribution in [3.8, 4) is 0 Å². The number of pyridine rings is 1. The van der Waals surface area contributed by atoms with Gasteiger partial charge in [-0.2, -0.15) is 0 Å². The van der Waals surface area contributed by atoms with Crippen molar-refractivity contribution in [2.75, 3.05) is 13.6 Å². The van der Waals surface area contributed by atoms with Crippen molar-refractivity contribution in [3.63, 3.8) is 0 Å². The first-order chi connectivity index (χ1) is 12.9. The molecule has 0 saturated carbocycles. The molecule has 2 atom stereocenters. The second-order valence-corrected chi connectivity index (χ2v) is 6.50. The first-order valence-corrected chi connectivity index (χ1v) is 8.79. The van der Waals surface area contributed by atoms with Crippen LogP contribution in [0.5, 0.6) is 0 Å². The lowest BCUT2D eigenvalue weighted by Gasteiger charge is -2.23. The molecule has 0 fully saturated rings. The van der Waals surface area contributed by atoms with Gasteiger partial charge in [-0.1, -0.05) is 29.8 Å². The van der Waals surface area contributed by atoms with Crippen molar-refractivity contribution in [3.05, 3.63) is 64.9 Å². The smallest absolute Gasteiger partial charge is 0.254 e. The largest absolute Gasteiger partial charge is 0.380 e. The molecular weight excluding hydrogens is 370 g/mol. The van der Waals surface area contributed by atoms with Crippen LogP contribution in [0.25, 0.3) is 0 Å². The van der Waals surface area contributed by atoms with E-state index in [1.807, 2.05) is 12.1 Å². The van der Waals surface area contributed by atoms with E-state index in [1.54, 1.807) is 36.5 Å². The maximum Gasteiger partial charge on any atom is 0.254 e. The molecule has 8 heteroatoms. The molecule has 2 amide bonds. The van der Waals surface area contributed by atoms with Gasteiger partial charge in [0, 0.05) is 43.5 Å². The van der Waals surface area contributed by atoms with Crippen LogP contribution in [0.1, 0.15) is 11.3 Å². The Balaban J connectivity index is 1.82. The lowest BCUT2D eigenvalue weighted by Crippen LogP contribution is -2.50. The fraction of sp³-hybridized carbons (Fsp3) is 0.316. The monoisotopic (exact) mass is 391 g/mol. The number of aromatic nitrogens is 1. The predicted molar refractivity (Wildman–Crippen MR) is 101 cm³/mol. The molecule has 27 heavy (non-hydrogen) atoms. The summed E-state index contributed by atoms with van der Waals surface area (Å²) in [4.78, 5) is 29.6. The highest BCUT2D eigenvalue weighted by atomic mass is 35.5. The third-order valence-corrected chi connectivity index (χ3v) is 4.26. The van der Waals surface area contributed by atoms with Crippen LogP contribution >= 0.6 is 11.6 Å². The molecule has 1 aromatic heterocycles. The lowest BCUT2D eigenvalue weighted by atomic mass is 10.1. The van der Waals surface area contributed by atoms with Crippen LogP contribution in [0.4, 0.5) is 0 Å². The second-order valence-electron chi connectivity index (χ2n) is 6.06. The molecule has 144 valence electrons. The van der Waals surface area contributed by atoms with E-state index in [2.05, 4.69) is 10.3 Å². The SMILES string of the molecule is CN(CCc1ccccn1)C(=O)[C@H](O)[C@@H](O)C(=O)NCc1ccc(Cl)cc1. The molecule has 0 spiro atoms. The summed E-state index contributed by atoms with van der Waals surface area (Å²) in [5.74, 6) is -1.57. The van der Waals surface area contributed by atoms with Gasteiger partial charge in [0.25, 0.3) is 11.8 Å². The Labute approximate surface area is 162 Å². The Kier molecular flexibility index (Phi) is 7.72. The fourth-order valence-electron chi connectivity index (χ4n) is 2.34. The summed E-state index contributed by atoms with van der Waals surface area (Å²) in [6.45, 7) is 0.440. The summed E-state index contributed by atoms with van der Waals surface area (Å²) in [7, 11) is 1.49.